The molecule has 2 heterocycles. The Kier molecular flexibility index (Phi) is 4.58. The normalized spacial score (nSPS) is 26.2. The van der Waals surface area contributed by atoms with Crippen LogP contribution in [0.1, 0.15) is 12.8 Å². The Balaban J connectivity index is 1.52. The Hall–Kier alpha value is -0.660. The van der Waals surface area contributed by atoms with Crippen LogP contribution in [0.15, 0.2) is 24.3 Å². The molecule has 1 aromatic carbocycles. The maximum atomic E-state index is 12.1. The molecule has 20 heavy (non-hydrogen) atoms. The lowest BCUT2D eigenvalue weighted by atomic mass is 9.94. The van der Waals surface area contributed by atoms with Crippen LogP contribution in [0.3, 0.4) is 0 Å². The van der Waals surface area contributed by atoms with Crippen LogP contribution in [0, 0.1) is 9.49 Å². The van der Waals surface area contributed by atoms with Crippen molar-refractivity contribution in [2.24, 2.45) is 5.92 Å². The standard InChI is InChI=1S/C15H20IN3O/c16-12-4-1-5-13(7-12)18-15(20)10-19-8-11-3-2-6-17-14(11)9-19/h1,4-5,7,11,14,17H,2-3,6,8-10H2,(H,18,20). The van der Waals surface area contributed by atoms with Gasteiger partial charge in [-0.25, -0.2) is 0 Å². The van der Waals surface area contributed by atoms with Crippen molar-refractivity contribution in [1.82, 2.24) is 10.2 Å². The first kappa shape index (κ1) is 14.3. The molecule has 2 unspecified atom stereocenters. The van der Waals surface area contributed by atoms with Crippen molar-refractivity contribution in [1.29, 1.82) is 0 Å². The van der Waals surface area contributed by atoms with Gasteiger partial charge in [-0.15, -0.1) is 0 Å². The minimum Gasteiger partial charge on any atom is -0.325 e. The summed E-state index contributed by atoms with van der Waals surface area (Å²) in [6, 6.07) is 8.50. The molecule has 1 amide bonds. The quantitative estimate of drug-likeness (QED) is 0.782. The number of likely N-dealkylation sites (tertiary alicyclic amines) is 1. The van der Waals surface area contributed by atoms with Crippen LogP contribution in [0.2, 0.25) is 0 Å². The molecular weight excluding hydrogens is 365 g/mol. The number of fused-ring (bicyclic) bond motifs is 1. The number of nitrogens with zero attached hydrogens (tertiary/aromatic N) is 1. The van der Waals surface area contributed by atoms with Crippen molar-refractivity contribution in [3.8, 4) is 0 Å². The van der Waals surface area contributed by atoms with Crippen molar-refractivity contribution >= 4 is 34.2 Å². The zero-order chi connectivity index (χ0) is 13.9. The first-order chi connectivity index (χ1) is 9.70. The average Bonchev–Trinajstić information content (AvgIpc) is 2.80. The van der Waals surface area contributed by atoms with Crippen LogP contribution in [-0.2, 0) is 4.79 Å². The number of carbonyl (C=O) groups is 1. The van der Waals surface area contributed by atoms with Gasteiger partial charge in [0.2, 0.25) is 5.91 Å². The van der Waals surface area contributed by atoms with Crippen molar-refractivity contribution in [3.63, 3.8) is 0 Å². The molecule has 3 rings (SSSR count). The van der Waals surface area contributed by atoms with Crippen molar-refractivity contribution in [3.05, 3.63) is 27.8 Å². The molecule has 1 aromatic rings. The molecule has 4 nitrogen and oxygen atoms in total. The number of nitrogens with one attached hydrogen (secondary N) is 2. The molecule has 2 fully saturated rings. The molecule has 2 N–H and O–H groups in total. The molecule has 0 bridgehead atoms. The van der Waals surface area contributed by atoms with Crippen molar-refractivity contribution in [2.75, 3.05) is 31.5 Å². The van der Waals surface area contributed by atoms with Crippen LogP contribution in [0.5, 0.6) is 0 Å². The molecule has 0 spiro atoms. The summed E-state index contributed by atoms with van der Waals surface area (Å²) < 4.78 is 1.14. The molecule has 2 aliphatic heterocycles. The van der Waals surface area contributed by atoms with E-state index >= 15 is 0 Å². The monoisotopic (exact) mass is 385 g/mol. The lowest BCUT2D eigenvalue weighted by Gasteiger charge is -2.24. The van der Waals surface area contributed by atoms with E-state index in [9.17, 15) is 4.79 Å². The zero-order valence-corrected chi connectivity index (χ0v) is 13.6. The second kappa shape index (κ2) is 6.41. The van der Waals surface area contributed by atoms with Gasteiger partial charge in [-0.2, -0.15) is 0 Å². The van der Waals surface area contributed by atoms with Crippen LogP contribution < -0.4 is 10.6 Å². The summed E-state index contributed by atoms with van der Waals surface area (Å²) >= 11 is 2.25. The maximum Gasteiger partial charge on any atom is 0.238 e. The van der Waals surface area contributed by atoms with Gasteiger partial charge < -0.3 is 10.6 Å². The number of carbonyl (C=O) groups excluding carboxylic acids is 1. The molecule has 0 aromatic heterocycles. The molecule has 2 aliphatic rings. The SMILES string of the molecule is O=C(CN1CC2CCCNC2C1)Nc1cccc(I)c1. The van der Waals surface area contributed by atoms with Gasteiger partial charge >= 0.3 is 0 Å². The second-order valence-corrected chi connectivity index (χ2v) is 6.96. The van der Waals surface area contributed by atoms with E-state index in [0.717, 1.165) is 34.8 Å². The smallest absolute Gasteiger partial charge is 0.238 e. The summed E-state index contributed by atoms with van der Waals surface area (Å²) in [6.07, 6.45) is 2.57. The average molecular weight is 385 g/mol. The number of piperidine rings is 1. The third-order valence-corrected chi connectivity index (χ3v) is 4.82. The minimum absolute atomic E-state index is 0.0886. The van der Waals surface area contributed by atoms with E-state index in [1.54, 1.807) is 0 Å². The van der Waals surface area contributed by atoms with E-state index in [0.29, 0.717) is 12.6 Å². The summed E-state index contributed by atoms with van der Waals surface area (Å²) in [7, 11) is 0. The number of hydrogen-bond acceptors (Lipinski definition) is 3. The van der Waals surface area contributed by atoms with Gasteiger partial charge in [0, 0.05) is 28.4 Å². The Labute approximate surface area is 133 Å². The van der Waals surface area contributed by atoms with Gasteiger partial charge in [-0.3, -0.25) is 9.69 Å². The lowest BCUT2D eigenvalue weighted by Crippen LogP contribution is -2.41. The molecule has 108 valence electrons. The maximum absolute atomic E-state index is 12.1. The van der Waals surface area contributed by atoms with Gasteiger partial charge in [-0.05, 0) is 66.1 Å². The molecule has 2 atom stereocenters. The molecule has 0 saturated carbocycles. The van der Waals surface area contributed by atoms with Gasteiger partial charge in [0.1, 0.15) is 0 Å². The number of rotatable bonds is 3. The largest absolute Gasteiger partial charge is 0.325 e. The van der Waals surface area contributed by atoms with Crippen LogP contribution in [0.25, 0.3) is 0 Å². The highest BCUT2D eigenvalue weighted by atomic mass is 127. The summed E-state index contributed by atoms with van der Waals surface area (Å²) in [6.45, 7) is 3.69. The van der Waals surface area contributed by atoms with E-state index in [1.807, 2.05) is 24.3 Å². The number of hydrogen-bond donors (Lipinski definition) is 2. The highest BCUT2D eigenvalue weighted by Gasteiger charge is 2.34. The number of benzene rings is 1. The Morgan fingerprint density at radius 3 is 3.15 bits per heavy atom. The first-order valence-corrected chi connectivity index (χ1v) is 8.30. The molecular formula is C15H20IN3O. The summed E-state index contributed by atoms with van der Waals surface area (Å²) in [5, 5.41) is 6.55. The number of anilines is 1. The zero-order valence-electron chi connectivity index (χ0n) is 11.4. The highest BCUT2D eigenvalue weighted by molar-refractivity contribution is 14.1. The van der Waals surface area contributed by atoms with Crippen LogP contribution in [0.4, 0.5) is 5.69 Å². The summed E-state index contributed by atoms with van der Waals surface area (Å²) in [5.74, 6) is 0.819. The fourth-order valence-electron chi connectivity index (χ4n) is 3.24. The van der Waals surface area contributed by atoms with E-state index in [1.165, 1.54) is 12.8 Å². The van der Waals surface area contributed by atoms with E-state index in [2.05, 4.69) is 38.1 Å². The molecule has 0 aliphatic carbocycles. The Bertz CT molecular complexity index is 480. The van der Waals surface area contributed by atoms with Gasteiger partial charge in [0.05, 0.1) is 6.54 Å². The van der Waals surface area contributed by atoms with E-state index in [4.69, 9.17) is 0 Å². The van der Waals surface area contributed by atoms with Crippen molar-refractivity contribution in [2.45, 2.75) is 18.9 Å². The van der Waals surface area contributed by atoms with E-state index < -0.39 is 0 Å². The van der Waals surface area contributed by atoms with E-state index in [-0.39, 0.29) is 5.91 Å². The summed E-state index contributed by atoms with van der Waals surface area (Å²) in [5.41, 5.74) is 0.886. The van der Waals surface area contributed by atoms with Gasteiger partial charge in [-0.1, -0.05) is 6.07 Å². The molecule has 0 radical (unpaired) electrons. The highest BCUT2D eigenvalue weighted by Crippen LogP contribution is 2.24. The third kappa shape index (κ3) is 3.51. The molecule has 5 heteroatoms. The van der Waals surface area contributed by atoms with Crippen molar-refractivity contribution < 1.29 is 4.79 Å². The topological polar surface area (TPSA) is 44.4 Å². The second-order valence-electron chi connectivity index (χ2n) is 5.72. The third-order valence-electron chi connectivity index (χ3n) is 4.15. The first-order valence-electron chi connectivity index (χ1n) is 7.22. The Morgan fingerprint density at radius 1 is 1.45 bits per heavy atom. The summed E-state index contributed by atoms with van der Waals surface area (Å²) in [4.78, 5) is 14.4. The molecule has 2 saturated heterocycles. The van der Waals surface area contributed by atoms with Gasteiger partial charge in [0.15, 0.2) is 0 Å². The van der Waals surface area contributed by atoms with Crippen LogP contribution >= 0.6 is 22.6 Å². The predicted molar refractivity (Wildman–Crippen MR) is 88.7 cm³/mol. The lowest BCUT2D eigenvalue weighted by molar-refractivity contribution is -0.117. The van der Waals surface area contributed by atoms with Crippen LogP contribution in [-0.4, -0.2) is 43.0 Å². The Morgan fingerprint density at radius 2 is 2.35 bits per heavy atom. The van der Waals surface area contributed by atoms with Gasteiger partial charge in [0.25, 0.3) is 0 Å². The fraction of sp³-hybridized carbons (Fsp3) is 0.533. The fourth-order valence-corrected chi connectivity index (χ4v) is 3.78. The number of halogens is 1. The predicted octanol–water partition coefficient (Wildman–Crippen LogP) is 1.91. The minimum atomic E-state index is 0.0886. The number of amides is 1.